The molecule has 0 unspecified atom stereocenters. The van der Waals surface area contributed by atoms with Crippen molar-refractivity contribution in [2.75, 3.05) is 13.7 Å². The number of carbonyl (C=O) groups excluding carboxylic acids is 3. The zero-order valence-corrected chi connectivity index (χ0v) is 26.9. The summed E-state index contributed by atoms with van der Waals surface area (Å²) in [5.41, 5.74) is 0.789. The fourth-order valence-corrected chi connectivity index (χ4v) is 5.74. The van der Waals surface area contributed by atoms with Gasteiger partial charge in [-0.25, -0.2) is 4.79 Å². The van der Waals surface area contributed by atoms with E-state index >= 15 is 0 Å². The minimum absolute atomic E-state index is 0.0716. The summed E-state index contributed by atoms with van der Waals surface area (Å²) in [6, 6.07) is 4.62. The van der Waals surface area contributed by atoms with E-state index in [1.54, 1.807) is 26.2 Å². The molecule has 1 fully saturated rings. The molecule has 1 saturated carbocycles. The number of hydrogen-bond donors (Lipinski definition) is 5. The van der Waals surface area contributed by atoms with Crippen molar-refractivity contribution in [1.82, 2.24) is 16.0 Å². The van der Waals surface area contributed by atoms with Crippen molar-refractivity contribution in [3.05, 3.63) is 29.8 Å². The second-order valence-corrected chi connectivity index (χ2v) is 12.7. The molecule has 43 heavy (non-hydrogen) atoms. The molecule has 1 aliphatic rings. The Labute approximate surface area is 257 Å². The molecular formula is C33H55N3O7. The molecule has 0 saturated heterocycles. The lowest BCUT2D eigenvalue weighted by molar-refractivity contribution is -0.131. The van der Waals surface area contributed by atoms with Gasteiger partial charge in [0.25, 0.3) is 0 Å². The molecule has 244 valence electrons. The van der Waals surface area contributed by atoms with Crippen LogP contribution in [0.4, 0.5) is 4.79 Å². The van der Waals surface area contributed by atoms with Crippen molar-refractivity contribution < 1.29 is 34.1 Å². The first-order valence-corrected chi connectivity index (χ1v) is 16.0. The number of nitrogens with one attached hydrogen (secondary N) is 3. The lowest BCUT2D eigenvalue weighted by atomic mass is 9.82. The van der Waals surface area contributed by atoms with Gasteiger partial charge in [-0.1, -0.05) is 71.9 Å². The van der Waals surface area contributed by atoms with Crippen molar-refractivity contribution in [1.29, 1.82) is 0 Å². The van der Waals surface area contributed by atoms with Crippen LogP contribution in [0.2, 0.25) is 0 Å². The summed E-state index contributed by atoms with van der Waals surface area (Å²) in [4.78, 5) is 39.7. The van der Waals surface area contributed by atoms with Crippen LogP contribution in [0.25, 0.3) is 0 Å². The number of carbonyl (C=O) groups is 3. The Morgan fingerprint density at radius 3 is 2.02 bits per heavy atom. The lowest BCUT2D eigenvalue weighted by Gasteiger charge is -2.34. The van der Waals surface area contributed by atoms with Gasteiger partial charge in [0.15, 0.2) is 0 Å². The third-order valence-corrected chi connectivity index (χ3v) is 7.98. The van der Waals surface area contributed by atoms with Crippen molar-refractivity contribution in [3.63, 3.8) is 0 Å². The van der Waals surface area contributed by atoms with Crippen LogP contribution >= 0.6 is 0 Å². The highest BCUT2D eigenvalue weighted by molar-refractivity contribution is 5.91. The standard InChI is InChI=1S/C33H55N3O7/c1-7-43-33(41)36-28(20-24-13-15-25(42-6)16-14-24)32(40)35-27(17-21(2)3)31(39)34-26(19-23-11-9-8-10-12-23)30(38)29(37)18-22(4)5/h13-16,21-23,26-30,37-38H,7-12,17-20H2,1-6H3,(H,34,39)(H,35,40)(H,36,41)/t26-,27-,28-,29-,30+/m0/s1. The van der Waals surface area contributed by atoms with E-state index in [9.17, 15) is 24.6 Å². The van der Waals surface area contributed by atoms with E-state index in [0.717, 1.165) is 31.2 Å². The Morgan fingerprint density at radius 1 is 0.860 bits per heavy atom. The molecule has 10 nitrogen and oxygen atoms in total. The first-order chi connectivity index (χ1) is 20.4. The smallest absolute Gasteiger partial charge is 0.407 e. The van der Waals surface area contributed by atoms with Crippen molar-refractivity contribution in [2.24, 2.45) is 17.8 Å². The Kier molecular flexibility index (Phi) is 15.8. The third kappa shape index (κ3) is 13.1. The molecule has 0 spiro atoms. The highest BCUT2D eigenvalue weighted by Crippen LogP contribution is 2.29. The highest BCUT2D eigenvalue weighted by Gasteiger charge is 2.34. The van der Waals surface area contributed by atoms with Crippen molar-refractivity contribution in [2.45, 2.75) is 123 Å². The van der Waals surface area contributed by atoms with Gasteiger partial charge in [0.2, 0.25) is 11.8 Å². The van der Waals surface area contributed by atoms with Crippen molar-refractivity contribution >= 4 is 17.9 Å². The average Bonchev–Trinajstić information content (AvgIpc) is 2.96. The van der Waals surface area contributed by atoms with Gasteiger partial charge in [-0.05, 0) is 61.6 Å². The molecule has 0 radical (unpaired) electrons. The third-order valence-electron chi connectivity index (χ3n) is 7.98. The summed E-state index contributed by atoms with van der Waals surface area (Å²) >= 11 is 0. The van der Waals surface area contributed by atoms with Gasteiger partial charge in [-0.3, -0.25) is 9.59 Å². The number of methoxy groups -OCH3 is 1. The number of hydrogen-bond acceptors (Lipinski definition) is 7. The molecule has 0 bridgehead atoms. The second-order valence-electron chi connectivity index (χ2n) is 12.7. The Hall–Kier alpha value is -2.85. The van der Waals surface area contributed by atoms with Gasteiger partial charge in [-0.2, -0.15) is 0 Å². The van der Waals surface area contributed by atoms with E-state index in [0.29, 0.717) is 30.9 Å². The average molecular weight is 606 g/mol. The van der Waals surface area contributed by atoms with E-state index in [1.165, 1.54) is 6.42 Å². The molecule has 2 rings (SSSR count). The van der Waals surface area contributed by atoms with E-state index in [2.05, 4.69) is 16.0 Å². The normalized spacial score (nSPS) is 17.4. The molecular weight excluding hydrogens is 550 g/mol. The predicted molar refractivity (Wildman–Crippen MR) is 167 cm³/mol. The van der Waals surface area contributed by atoms with Crippen LogP contribution in [0.5, 0.6) is 5.75 Å². The van der Waals surface area contributed by atoms with E-state index in [1.807, 2.05) is 39.8 Å². The number of benzene rings is 1. The summed E-state index contributed by atoms with van der Waals surface area (Å²) in [6.45, 7) is 9.70. The number of ether oxygens (including phenoxy) is 2. The Morgan fingerprint density at radius 2 is 1.47 bits per heavy atom. The molecule has 1 aromatic carbocycles. The maximum absolute atomic E-state index is 13.7. The van der Waals surface area contributed by atoms with Crippen LogP contribution in [-0.2, 0) is 20.7 Å². The van der Waals surface area contributed by atoms with Gasteiger partial charge in [0.05, 0.1) is 25.9 Å². The van der Waals surface area contributed by atoms with Crippen molar-refractivity contribution in [3.8, 4) is 5.75 Å². The zero-order chi connectivity index (χ0) is 31.9. The van der Waals surface area contributed by atoms with Gasteiger partial charge < -0.3 is 35.6 Å². The molecule has 1 aliphatic carbocycles. The van der Waals surface area contributed by atoms with Crippen LogP contribution < -0.4 is 20.7 Å². The van der Waals surface area contributed by atoms with Crippen LogP contribution in [0, 0.1) is 17.8 Å². The van der Waals surface area contributed by atoms with E-state index in [4.69, 9.17) is 9.47 Å². The Bertz CT molecular complexity index is 979. The quantitative estimate of drug-likeness (QED) is 0.180. The second kappa shape index (κ2) is 18.7. The van der Waals surface area contributed by atoms with Crippen LogP contribution in [0.3, 0.4) is 0 Å². The van der Waals surface area contributed by atoms with E-state index < -0.39 is 48.2 Å². The van der Waals surface area contributed by atoms with Gasteiger partial charge in [-0.15, -0.1) is 0 Å². The lowest BCUT2D eigenvalue weighted by Crippen LogP contribution is -2.58. The summed E-state index contributed by atoms with van der Waals surface area (Å²) in [6.07, 6.45) is 4.15. The number of aliphatic hydroxyl groups is 2. The molecule has 1 aromatic rings. The molecule has 5 atom stereocenters. The summed E-state index contributed by atoms with van der Waals surface area (Å²) < 4.78 is 10.3. The monoisotopic (exact) mass is 605 g/mol. The number of rotatable bonds is 17. The maximum atomic E-state index is 13.7. The predicted octanol–water partition coefficient (Wildman–Crippen LogP) is 4.11. The summed E-state index contributed by atoms with van der Waals surface area (Å²) in [5, 5.41) is 30.4. The fraction of sp³-hybridized carbons (Fsp3) is 0.727. The largest absolute Gasteiger partial charge is 0.497 e. The zero-order valence-electron chi connectivity index (χ0n) is 26.9. The van der Waals surface area contributed by atoms with E-state index in [-0.39, 0.29) is 24.9 Å². The Balaban J connectivity index is 2.24. The first-order valence-electron chi connectivity index (χ1n) is 16.0. The highest BCUT2D eigenvalue weighted by atomic mass is 16.5. The van der Waals surface area contributed by atoms with Gasteiger partial charge in [0, 0.05) is 6.42 Å². The molecule has 10 heteroatoms. The van der Waals surface area contributed by atoms with Gasteiger partial charge >= 0.3 is 6.09 Å². The first kappa shape index (κ1) is 36.3. The van der Waals surface area contributed by atoms with Crippen LogP contribution in [0.15, 0.2) is 24.3 Å². The maximum Gasteiger partial charge on any atom is 0.407 e. The van der Waals surface area contributed by atoms with Crippen LogP contribution in [-0.4, -0.2) is 72.2 Å². The van der Waals surface area contributed by atoms with Crippen LogP contribution in [0.1, 0.15) is 91.5 Å². The topological polar surface area (TPSA) is 146 Å². The molecule has 0 aromatic heterocycles. The number of alkyl carbamates (subject to hydrolysis) is 1. The number of amides is 3. The molecule has 3 amide bonds. The molecule has 0 heterocycles. The minimum atomic E-state index is -1.13. The fourth-order valence-electron chi connectivity index (χ4n) is 5.74. The molecule has 5 N–H and O–H groups in total. The minimum Gasteiger partial charge on any atom is -0.497 e. The van der Waals surface area contributed by atoms with Gasteiger partial charge in [0.1, 0.15) is 23.9 Å². The summed E-state index contributed by atoms with van der Waals surface area (Å²) in [5.74, 6) is 0.327. The SMILES string of the molecule is CCOC(=O)N[C@@H](Cc1ccc(OC)cc1)C(=O)N[C@@H](CC(C)C)C(=O)N[C@@H](CC1CCCCC1)[C@@H](O)[C@@H](O)CC(C)C. The summed E-state index contributed by atoms with van der Waals surface area (Å²) in [7, 11) is 1.57. The molecule has 0 aliphatic heterocycles. The number of aliphatic hydroxyl groups excluding tert-OH is 2.